The predicted molar refractivity (Wildman–Crippen MR) is 70.8 cm³/mol. The second-order valence-corrected chi connectivity index (χ2v) is 3.72. The number of hydrogen-bond donors (Lipinski definition) is 1. The summed E-state index contributed by atoms with van der Waals surface area (Å²) in [4.78, 5) is 4.03. The monoisotopic (exact) mass is 270 g/mol. The van der Waals surface area contributed by atoms with Gasteiger partial charge in [0, 0.05) is 24.4 Å². The van der Waals surface area contributed by atoms with E-state index in [1.165, 1.54) is 12.0 Å². The van der Waals surface area contributed by atoms with Crippen LogP contribution in [-0.4, -0.2) is 18.1 Å². The molecule has 1 aromatic rings. The molecule has 15 heavy (non-hydrogen) atoms. The maximum Gasteiger partial charge on any atom is 0.0270 e. The van der Waals surface area contributed by atoms with E-state index in [4.69, 9.17) is 0 Å². The molecule has 0 bridgehead atoms. The van der Waals surface area contributed by atoms with Crippen molar-refractivity contribution in [1.29, 1.82) is 0 Å². The highest BCUT2D eigenvalue weighted by Crippen LogP contribution is 2.28. The summed E-state index contributed by atoms with van der Waals surface area (Å²) >= 11 is 0. The van der Waals surface area contributed by atoms with Gasteiger partial charge in [-0.3, -0.25) is 4.98 Å². The molecular weight excluding hydrogens is 254 g/mol. The Bertz CT molecular complexity index is 261. The molecule has 1 aromatic heterocycles. The SMILES string of the molecule is CC1(c2ccncc2)CCNC1.Cl.Cl.Cl. The van der Waals surface area contributed by atoms with Gasteiger partial charge in [0.2, 0.25) is 0 Å². The Morgan fingerprint density at radius 3 is 2.27 bits per heavy atom. The van der Waals surface area contributed by atoms with Gasteiger partial charge in [0.25, 0.3) is 0 Å². The number of hydrogen-bond acceptors (Lipinski definition) is 2. The molecule has 88 valence electrons. The fourth-order valence-corrected chi connectivity index (χ4v) is 1.82. The van der Waals surface area contributed by atoms with E-state index in [1.807, 2.05) is 12.4 Å². The molecule has 0 aromatic carbocycles. The van der Waals surface area contributed by atoms with Gasteiger partial charge in [0.15, 0.2) is 0 Å². The van der Waals surface area contributed by atoms with Crippen molar-refractivity contribution in [3.63, 3.8) is 0 Å². The number of pyridine rings is 1. The third kappa shape index (κ3) is 3.80. The van der Waals surface area contributed by atoms with Crippen LogP contribution >= 0.6 is 37.2 Å². The van der Waals surface area contributed by atoms with Crippen LogP contribution in [0.25, 0.3) is 0 Å². The largest absolute Gasteiger partial charge is 0.316 e. The van der Waals surface area contributed by atoms with E-state index in [0.717, 1.165) is 13.1 Å². The maximum absolute atomic E-state index is 4.03. The van der Waals surface area contributed by atoms with Crippen LogP contribution < -0.4 is 5.32 Å². The van der Waals surface area contributed by atoms with E-state index in [-0.39, 0.29) is 37.2 Å². The molecule has 2 nitrogen and oxygen atoms in total. The number of rotatable bonds is 1. The molecule has 1 aliphatic rings. The van der Waals surface area contributed by atoms with Crippen LogP contribution in [0.3, 0.4) is 0 Å². The van der Waals surface area contributed by atoms with Crippen LogP contribution in [0.2, 0.25) is 0 Å². The van der Waals surface area contributed by atoms with Crippen molar-refractivity contribution in [2.75, 3.05) is 13.1 Å². The van der Waals surface area contributed by atoms with Crippen molar-refractivity contribution in [3.8, 4) is 0 Å². The van der Waals surface area contributed by atoms with E-state index in [2.05, 4.69) is 29.4 Å². The fraction of sp³-hybridized carbons (Fsp3) is 0.500. The van der Waals surface area contributed by atoms with Crippen molar-refractivity contribution >= 4 is 37.2 Å². The highest BCUT2D eigenvalue weighted by atomic mass is 35.5. The van der Waals surface area contributed by atoms with Gasteiger partial charge in [0.05, 0.1) is 0 Å². The summed E-state index contributed by atoms with van der Waals surface area (Å²) < 4.78 is 0. The third-order valence-electron chi connectivity index (χ3n) is 2.75. The van der Waals surface area contributed by atoms with Gasteiger partial charge in [-0.25, -0.2) is 0 Å². The van der Waals surface area contributed by atoms with Crippen LogP contribution in [0, 0.1) is 0 Å². The lowest BCUT2D eigenvalue weighted by Gasteiger charge is -2.22. The molecule has 0 saturated carbocycles. The molecule has 2 rings (SSSR count). The summed E-state index contributed by atoms with van der Waals surface area (Å²) in [6, 6.07) is 4.24. The molecule has 0 amide bonds. The zero-order valence-corrected chi connectivity index (χ0v) is 11.1. The first-order valence-electron chi connectivity index (χ1n) is 4.42. The van der Waals surface area contributed by atoms with Crippen LogP contribution in [-0.2, 0) is 5.41 Å². The van der Waals surface area contributed by atoms with E-state index in [0.29, 0.717) is 5.41 Å². The summed E-state index contributed by atoms with van der Waals surface area (Å²) in [6.45, 7) is 4.54. The Labute approximate surface area is 109 Å². The summed E-state index contributed by atoms with van der Waals surface area (Å²) in [5, 5.41) is 3.39. The Hall–Kier alpha value is -0.0200. The topological polar surface area (TPSA) is 24.9 Å². The molecule has 1 aliphatic heterocycles. The zero-order valence-electron chi connectivity index (χ0n) is 8.60. The Morgan fingerprint density at radius 2 is 1.80 bits per heavy atom. The minimum Gasteiger partial charge on any atom is -0.316 e. The zero-order chi connectivity index (χ0) is 8.44. The fourth-order valence-electron chi connectivity index (χ4n) is 1.82. The molecule has 2 heterocycles. The van der Waals surface area contributed by atoms with Crippen LogP contribution in [0.1, 0.15) is 18.9 Å². The quantitative estimate of drug-likeness (QED) is 0.849. The van der Waals surface area contributed by atoms with Gasteiger partial charge in [-0.2, -0.15) is 0 Å². The number of nitrogens with one attached hydrogen (secondary N) is 1. The first-order valence-corrected chi connectivity index (χ1v) is 4.42. The highest BCUT2D eigenvalue weighted by molar-refractivity contribution is 5.86. The van der Waals surface area contributed by atoms with E-state index < -0.39 is 0 Å². The predicted octanol–water partition coefficient (Wildman–Crippen LogP) is 2.60. The van der Waals surface area contributed by atoms with Crippen LogP contribution in [0.15, 0.2) is 24.5 Å². The van der Waals surface area contributed by atoms with E-state index in [1.54, 1.807) is 0 Å². The van der Waals surface area contributed by atoms with E-state index >= 15 is 0 Å². The average molecular weight is 272 g/mol. The minimum absolute atomic E-state index is 0. The lowest BCUT2D eigenvalue weighted by Crippen LogP contribution is -2.24. The molecule has 1 N–H and O–H groups in total. The van der Waals surface area contributed by atoms with Crippen molar-refractivity contribution in [2.24, 2.45) is 0 Å². The first-order chi connectivity index (χ1) is 5.81. The van der Waals surface area contributed by atoms with Gasteiger partial charge in [0.1, 0.15) is 0 Å². The number of aromatic nitrogens is 1. The minimum atomic E-state index is 0. The molecule has 1 unspecified atom stereocenters. The molecular formula is C10H17Cl3N2. The van der Waals surface area contributed by atoms with Crippen LogP contribution in [0.4, 0.5) is 0 Å². The van der Waals surface area contributed by atoms with Gasteiger partial charge in [-0.1, -0.05) is 6.92 Å². The van der Waals surface area contributed by atoms with Gasteiger partial charge >= 0.3 is 0 Å². The second kappa shape index (κ2) is 7.29. The molecule has 1 saturated heterocycles. The molecule has 1 atom stereocenters. The normalized spacial score (nSPS) is 23.3. The lowest BCUT2D eigenvalue weighted by atomic mass is 9.82. The van der Waals surface area contributed by atoms with Gasteiger partial charge in [-0.15, -0.1) is 37.2 Å². The smallest absolute Gasteiger partial charge is 0.0270 e. The molecule has 5 heteroatoms. The van der Waals surface area contributed by atoms with Crippen molar-refractivity contribution in [1.82, 2.24) is 10.3 Å². The van der Waals surface area contributed by atoms with Crippen molar-refractivity contribution < 1.29 is 0 Å². The third-order valence-corrected chi connectivity index (χ3v) is 2.75. The van der Waals surface area contributed by atoms with Gasteiger partial charge in [-0.05, 0) is 30.7 Å². The number of halogens is 3. The maximum atomic E-state index is 4.03. The summed E-state index contributed by atoms with van der Waals surface area (Å²) in [5.41, 5.74) is 1.74. The van der Waals surface area contributed by atoms with Crippen molar-refractivity contribution in [2.45, 2.75) is 18.8 Å². The Kier molecular flexibility index (Phi) is 8.44. The van der Waals surface area contributed by atoms with E-state index in [9.17, 15) is 0 Å². The number of nitrogens with zero attached hydrogens (tertiary/aromatic N) is 1. The van der Waals surface area contributed by atoms with Gasteiger partial charge < -0.3 is 5.32 Å². The molecule has 0 aliphatic carbocycles. The Balaban J connectivity index is 0. The first kappa shape index (κ1) is 17.4. The summed E-state index contributed by atoms with van der Waals surface area (Å²) in [5.74, 6) is 0. The second-order valence-electron chi connectivity index (χ2n) is 3.72. The molecule has 0 spiro atoms. The molecule has 1 fully saturated rings. The lowest BCUT2D eigenvalue weighted by molar-refractivity contribution is 0.524. The highest BCUT2D eigenvalue weighted by Gasteiger charge is 2.29. The Morgan fingerprint density at radius 1 is 1.20 bits per heavy atom. The average Bonchev–Trinajstić information content (AvgIpc) is 2.55. The summed E-state index contributed by atoms with van der Waals surface area (Å²) in [7, 11) is 0. The standard InChI is InChI=1S/C10H14N2.3ClH/c1-10(4-7-12-8-10)9-2-5-11-6-3-9;;;/h2-3,5-6,12H,4,7-8H2,1H3;3*1H. The van der Waals surface area contributed by atoms with Crippen molar-refractivity contribution in [3.05, 3.63) is 30.1 Å². The van der Waals surface area contributed by atoms with Crippen LogP contribution in [0.5, 0.6) is 0 Å². The summed E-state index contributed by atoms with van der Waals surface area (Å²) in [6.07, 6.45) is 4.98. The molecule has 0 radical (unpaired) electrons.